The molecule has 9 nitrogen and oxygen atoms in total. The summed E-state index contributed by atoms with van der Waals surface area (Å²) >= 11 is 0. The lowest BCUT2D eigenvalue weighted by atomic mass is 9.94. The number of ether oxygens (including phenoxy) is 2. The van der Waals surface area contributed by atoms with Crippen molar-refractivity contribution in [1.29, 1.82) is 0 Å². The third kappa shape index (κ3) is 7.54. The van der Waals surface area contributed by atoms with Crippen LogP contribution in [0.3, 0.4) is 0 Å². The lowest BCUT2D eigenvalue weighted by Crippen LogP contribution is -2.40. The van der Waals surface area contributed by atoms with Crippen LogP contribution in [0.15, 0.2) is 77.8 Å². The molecular weight excluding hydrogens is 611 g/mol. The number of benzene rings is 3. The summed E-state index contributed by atoms with van der Waals surface area (Å²) in [6.45, 7) is 6.48. The number of carbonyl (C=O) groups is 2. The topological polar surface area (TPSA) is 129 Å². The largest absolute Gasteiger partial charge is 0.457 e. The van der Waals surface area contributed by atoms with Gasteiger partial charge in [0, 0.05) is 30.7 Å². The van der Waals surface area contributed by atoms with E-state index >= 15 is 0 Å². The predicted octanol–water partition coefficient (Wildman–Crippen LogP) is 6.84. The molecular formula is C32H32F3N3O6S. The molecule has 13 heteroatoms. The molecule has 1 aromatic heterocycles. The van der Waals surface area contributed by atoms with E-state index in [0.29, 0.717) is 5.56 Å². The predicted molar refractivity (Wildman–Crippen MR) is 163 cm³/mol. The highest BCUT2D eigenvalue weighted by atomic mass is 32.2. The van der Waals surface area contributed by atoms with Crippen molar-refractivity contribution in [3.8, 4) is 22.6 Å². The molecule has 1 atom stereocenters. The number of fused-ring (bicyclic) bond motifs is 1. The minimum atomic E-state index is -4.68. The number of pyridine rings is 1. The van der Waals surface area contributed by atoms with Gasteiger partial charge in [0.15, 0.2) is 9.84 Å². The van der Waals surface area contributed by atoms with E-state index in [4.69, 9.17) is 15.2 Å². The number of aromatic nitrogens is 1. The van der Waals surface area contributed by atoms with Crippen molar-refractivity contribution in [2.24, 2.45) is 5.73 Å². The van der Waals surface area contributed by atoms with E-state index in [9.17, 15) is 31.2 Å². The first kappa shape index (κ1) is 33.2. The zero-order chi connectivity index (χ0) is 33.3. The van der Waals surface area contributed by atoms with E-state index in [0.717, 1.165) is 12.3 Å². The lowest BCUT2D eigenvalue weighted by Gasteiger charge is -2.26. The summed E-state index contributed by atoms with van der Waals surface area (Å²) < 4.78 is 79.2. The highest BCUT2D eigenvalue weighted by molar-refractivity contribution is 7.92. The molecule has 0 saturated carbocycles. The van der Waals surface area contributed by atoms with Crippen molar-refractivity contribution in [3.63, 3.8) is 0 Å². The number of rotatable bonds is 8. The number of carbonyl (C=O) groups excluding carboxylic acids is 2. The van der Waals surface area contributed by atoms with E-state index in [-0.39, 0.29) is 45.0 Å². The Bertz CT molecular complexity index is 1870. The Kier molecular flexibility index (Phi) is 9.15. The van der Waals surface area contributed by atoms with Gasteiger partial charge in [-0.15, -0.1) is 0 Å². The van der Waals surface area contributed by atoms with Crippen LogP contribution in [0.5, 0.6) is 11.5 Å². The molecule has 4 aromatic rings. The van der Waals surface area contributed by atoms with Gasteiger partial charge in [-0.05, 0) is 69.7 Å². The van der Waals surface area contributed by atoms with Gasteiger partial charge in [0.2, 0.25) is 0 Å². The van der Waals surface area contributed by atoms with E-state index in [2.05, 4.69) is 4.98 Å². The summed E-state index contributed by atoms with van der Waals surface area (Å²) in [6, 6.07) is 15.5. The highest BCUT2D eigenvalue weighted by Crippen LogP contribution is 2.39. The van der Waals surface area contributed by atoms with Gasteiger partial charge in [-0.3, -0.25) is 9.78 Å². The van der Waals surface area contributed by atoms with E-state index in [1.54, 1.807) is 39.0 Å². The van der Waals surface area contributed by atoms with Crippen molar-refractivity contribution in [2.75, 3.05) is 13.6 Å². The molecule has 0 fully saturated rings. The van der Waals surface area contributed by atoms with Crippen LogP contribution in [0, 0.1) is 0 Å². The van der Waals surface area contributed by atoms with Crippen molar-refractivity contribution < 1.29 is 40.7 Å². The number of para-hydroxylation sites is 1. The zero-order valence-electron chi connectivity index (χ0n) is 25.2. The van der Waals surface area contributed by atoms with Gasteiger partial charge in [-0.25, -0.2) is 13.2 Å². The second-order valence-electron chi connectivity index (χ2n) is 11.4. The van der Waals surface area contributed by atoms with Crippen molar-refractivity contribution in [1.82, 2.24) is 9.88 Å². The number of halogens is 3. The number of sulfone groups is 1. The fourth-order valence-corrected chi connectivity index (χ4v) is 6.08. The second-order valence-corrected chi connectivity index (χ2v) is 13.8. The summed E-state index contributed by atoms with van der Waals surface area (Å²) in [7, 11) is -2.46. The number of hydrogen-bond acceptors (Lipinski definition) is 7. The normalized spacial score (nSPS) is 12.9. The van der Waals surface area contributed by atoms with Crippen LogP contribution >= 0.6 is 0 Å². The van der Waals surface area contributed by atoms with Gasteiger partial charge < -0.3 is 20.1 Å². The summed E-state index contributed by atoms with van der Waals surface area (Å²) in [5.74, 6) is -0.505. The molecule has 2 N–H and O–H groups in total. The van der Waals surface area contributed by atoms with Crippen molar-refractivity contribution in [2.45, 2.75) is 49.6 Å². The van der Waals surface area contributed by atoms with Crippen LogP contribution in [-0.4, -0.2) is 54.7 Å². The Hall–Kier alpha value is -4.65. The van der Waals surface area contributed by atoms with Gasteiger partial charge in [-0.1, -0.05) is 30.3 Å². The minimum Gasteiger partial charge on any atom is -0.457 e. The quantitative estimate of drug-likeness (QED) is 0.223. The average molecular weight is 644 g/mol. The zero-order valence-corrected chi connectivity index (χ0v) is 26.0. The molecule has 238 valence electrons. The summed E-state index contributed by atoms with van der Waals surface area (Å²) in [5.41, 5.74) is 3.90. The molecule has 3 aromatic carbocycles. The summed E-state index contributed by atoms with van der Waals surface area (Å²) in [6.07, 6.45) is -4.33. The number of alkyl halides is 3. The van der Waals surface area contributed by atoms with E-state index in [1.165, 1.54) is 61.3 Å². The SMILES string of the molecule is CC(CN(C)C(=O)OC(C)(C)C)S(=O)(=O)c1cccc(Oc2cccc(-c3c(C(N)=O)cnc4c(C(F)(F)F)cccc34)c2)c1. The van der Waals surface area contributed by atoms with Gasteiger partial charge in [0.25, 0.3) is 5.91 Å². The fourth-order valence-electron chi connectivity index (χ4n) is 4.65. The second kappa shape index (κ2) is 12.4. The Balaban J connectivity index is 1.65. The minimum absolute atomic E-state index is 0.0444. The van der Waals surface area contributed by atoms with Crippen molar-refractivity contribution in [3.05, 3.63) is 84.1 Å². The van der Waals surface area contributed by atoms with E-state index < -0.39 is 44.4 Å². The van der Waals surface area contributed by atoms with Crippen LogP contribution < -0.4 is 10.5 Å². The third-order valence-corrected chi connectivity index (χ3v) is 8.85. The molecule has 0 aliphatic rings. The summed E-state index contributed by atoms with van der Waals surface area (Å²) in [4.78, 5) is 29.7. The number of nitrogens with zero attached hydrogens (tertiary/aromatic N) is 2. The van der Waals surface area contributed by atoms with Crippen LogP contribution in [-0.2, 0) is 20.8 Å². The van der Waals surface area contributed by atoms with Gasteiger partial charge >= 0.3 is 12.3 Å². The standard InChI is InChI=1S/C32H32F3N3O6S/c1-19(18-38(5)30(40)44-31(2,3)4)45(41,42)23-12-7-11-22(16-23)43-21-10-6-9-20(15-21)27-24-13-8-14-26(32(33,34)35)28(24)37-17-25(27)29(36)39/h6-17,19H,18H2,1-5H3,(H2,36,39). The molecule has 0 bridgehead atoms. The maximum atomic E-state index is 13.7. The molecule has 0 aliphatic carbocycles. The molecule has 0 radical (unpaired) electrons. The molecule has 4 rings (SSSR count). The first-order valence-corrected chi connectivity index (χ1v) is 15.3. The van der Waals surface area contributed by atoms with Gasteiger partial charge in [-0.2, -0.15) is 13.2 Å². The Morgan fingerprint density at radius 2 is 1.60 bits per heavy atom. The van der Waals surface area contributed by atoms with Gasteiger partial charge in [0.1, 0.15) is 17.1 Å². The molecule has 0 aliphatic heterocycles. The molecule has 0 spiro atoms. The fraction of sp³-hybridized carbons (Fsp3) is 0.281. The van der Waals surface area contributed by atoms with Crippen LogP contribution in [0.25, 0.3) is 22.0 Å². The average Bonchev–Trinajstić information content (AvgIpc) is 2.94. The lowest BCUT2D eigenvalue weighted by molar-refractivity contribution is -0.136. The van der Waals surface area contributed by atoms with Crippen LogP contribution in [0.1, 0.15) is 43.6 Å². The Labute approximate surface area is 258 Å². The molecule has 1 unspecified atom stereocenters. The molecule has 2 amide bonds. The maximum absolute atomic E-state index is 13.7. The monoisotopic (exact) mass is 643 g/mol. The molecule has 0 saturated heterocycles. The van der Waals surface area contributed by atoms with Crippen molar-refractivity contribution >= 4 is 32.7 Å². The summed E-state index contributed by atoms with van der Waals surface area (Å²) in [5, 5.41) is -0.918. The maximum Gasteiger partial charge on any atom is 0.418 e. The highest BCUT2D eigenvalue weighted by Gasteiger charge is 2.34. The Morgan fingerprint density at radius 3 is 2.22 bits per heavy atom. The van der Waals surface area contributed by atoms with Crippen LogP contribution in [0.4, 0.5) is 18.0 Å². The number of amides is 2. The third-order valence-electron chi connectivity index (χ3n) is 6.73. The molecule has 1 heterocycles. The molecule has 45 heavy (non-hydrogen) atoms. The van der Waals surface area contributed by atoms with Crippen LogP contribution in [0.2, 0.25) is 0 Å². The Morgan fingerprint density at radius 1 is 0.978 bits per heavy atom. The van der Waals surface area contributed by atoms with Gasteiger partial charge in [0.05, 0.1) is 26.8 Å². The van der Waals surface area contributed by atoms with E-state index in [1.807, 2.05) is 0 Å². The number of nitrogens with two attached hydrogens (primary N) is 1. The first-order chi connectivity index (χ1) is 20.9. The number of primary amides is 1. The smallest absolute Gasteiger partial charge is 0.418 e. The first-order valence-electron chi connectivity index (χ1n) is 13.7. The number of hydrogen-bond donors (Lipinski definition) is 1.